The second kappa shape index (κ2) is 7.49. The van der Waals surface area contributed by atoms with Crippen molar-refractivity contribution in [3.05, 3.63) is 83.5 Å². The molecule has 0 spiro atoms. The van der Waals surface area contributed by atoms with Gasteiger partial charge in [0.1, 0.15) is 0 Å². The maximum absolute atomic E-state index is 5.77. The van der Waals surface area contributed by atoms with Crippen LogP contribution in [0.25, 0.3) is 11.3 Å². The third-order valence-corrected chi connectivity index (χ3v) is 3.34. The highest BCUT2D eigenvalue weighted by Gasteiger charge is 2.09. The van der Waals surface area contributed by atoms with Crippen LogP contribution in [0.5, 0.6) is 0 Å². The van der Waals surface area contributed by atoms with Gasteiger partial charge in [0.15, 0.2) is 0 Å². The largest absolute Gasteiger partial charge is 0.399 e. The molecule has 0 radical (unpaired) electrons. The topological polar surface area (TPSA) is 26.0 Å². The van der Waals surface area contributed by atoms with Crippen LogP contribution in [-0.4, -0.2) is 0 Å². The number of benzene rings is 1. The van der Waals surface area contributed by atoms with E-state index in [2.05, 4.69) is 45.2 Å². The van der Waals surface area contributed by atoms with Gasteiger partial charge in [0.05, 0.1) is 0 Å². The fourth-order valence-electron chi connectivity index (χ4n) is 2.32. The minimum atomic E-state index is 0.593. The second-order valence-electron chi connectivity index (χ2n) is 5.28. The van der Waals surface area contributed by atoms with Crippen LogP contribution in [0.1, 0.15) is 37.5 Å². The van der Waals surface area contributed by atoms with Gasteiger partial charge in [0.2, 0.25) is 0 Å². The number of rotatable bonds is 5. The Morgan fingerprint density at radius 3 is 2.29 bits per heavy atom. The van der Waals surface area contributed by atoms with Gasteiger partial charge in [-0.2, -0.15) is 0 Å². The van der Waals surface area contributed by atoms with E-state index in [0.717, 1.165) is 11.1 Å². The van der Waals surface area contributed by atoms with E-state index in [0.29, 0.717) is 5.70 Å². The van der Waals surface area contributed by atoms with Crippen molar-refractivity contribution in [2.24, 2.45) is 5.73 Å². The van der Waals surface area contributed by atoms with E-state index in [1.807, 2.05) is 38.1 Å². The summed E-state index contributed by atoms with van der Waals surface area (Å²) in [6, 6.07) is 6.18. The fraction of sp³-hybridized carbons (Fsp3) is 0.200. The van der Waals surface area contributed by atoms with E-state index >= 15 is 0 Å². The third-order valence-electron chi connectivity index (χ3n) is 3.34. The van der Waals surface area contributed by atoms with Crippen molar-refractivity contribution in [2.75, 3.05) is 0 Å². The van der Waals surface area contributed by atoms with Crippen molar-refractivity contribution in [1.29, 1.82) is 0 Å². The van der Waals surface area contributed by atoms with Crippen LogP contribution in [0.2, 0.25) is 0 Å². The Hall–Kier alpha value is -2.28. The van der Waals surface area contributed by atoms with Crippen LogP contribution in [0.4, 0.5) is 0 Å². The molecule has 0 atom stereocenters. The molecule has 0 unspecified atom stereocenters. The van der Waals surface area contributed by atoms with Crippen molar-refractivity contribution in [3.63, 3.8) is 0 Å². The molecule has 1 heteroatoms. The summed E-state index contributed by atoms with van der Waals surface area (Å²) in [7, 11) is 0. The van der Waals surface area contributed by atoms with Gasteiger partial charge < -0.3 is 5.73 Å². The zero-order valence-corrected chi connectivity index (χ0v) is 13.5. The molecule has 1 aromatic carbocycles. The van der Waals surface area contributed by atoms with Gasteiger partial charge >= 0.3 is 0 Å². The molecule has 0 aliphatic rings. The Labute approximate surface area is 128 Å². The van der Waals surface area contributed by atoms with Crippen LogP contribution in [0.3, 0.4) is 0 Å². The van der Waals surface area contributed by atoms with Crippen LogP contribution < -0.4 is 5.73 Å². The molecular weight excluding hydrogens is 254 g/mol. The average Bonchev–Trinajstić information content (AvgIpc) is 2.40. The van der Waals surface area contributed by atoms with Crippen molar-refractivity contribution in [3.8, 4) is 0 Å². The molecule has 0 heterocycles. The molecule has 21 heavy (non-hydrogen) atoms. The van der Waals surface area contributed by atoms with E-state index in [-0.39, 0.29) is 0 Å². The molecule has 0 aliphatic heterocycles. The van der Waals surface area contributed by atoms with Gasteiger partial charge in [-0.25, -0.2) is 0 Å². The molecule has 0 saturated heterocycles. The molecule has 0 aliphatic carbocycles. The van der Waals surface area contributed by atoms with Crippen LogP contribution in [-0.2, 0) is 0 Å². The molecule has 1 nitrogen and oxygen atoms in total. The van der Waals surface area contributed by atoms with Crippen molar-refractivity contribution in [1.82, 2.24) is 0 Å². The Kier molecular flexibility index (Phi) is 5.98. The van der Waals surface area contributed by atoms with E-state index < -0.39 is 0 Å². The summed E-state index contributed by atoms with van der Waals surface area (Å²) < 4.78 is 0. The zero-order chi connectivity index (χ0) is 16.0. The number of nitrogens with two attached hydrogens (primary N) is 1. The maximum Gasteiger partial charge on any atom is 0.0314 e. The summed E-state index contributed by atoms with van der Waals surface area (Å²) in [5.41, 5.74) is 13.1. The van der Waals surface area contributed by atoms with E-state index in [9.17, 15) is 0 Å². The first-order valence-corrected chi connectivity index (χ1v) is 7.10. The highest BCUT2D eigenvalue weighted by Crippen LogP contribution is 2.29. The summed E-state index contributed by atoms with van der Waals surface area (Å²) >= 11 is 0. The smallest absolute Gasteiger partial charge is 0.0314 e. The molecule has 0 amide bonds. The van der Waals surface area contributed by atoms with Crippen molar-refractivity contribution in [2.45, 2.75) is 27.7 Å². The Morgan fingerprint density at radius 1 is 1.14 bits per heavy atom. The minimum Gasteiger partial charge on any atom is -0.399 e. The monoisotopic (exact) mass is 279 g/mol. The van der Waals surface area contributed by atoms with Crippen LogP contribution >= 0.6 is 0 Å². The number of hydrogen-bond donors (Lipinski definition) is 1. The molecule has 0 fully saturated rings. The lowest BCUT2D eigenvalue weighted by molar-refractivity contribution is 1.35. The van der Waals surface area contributed by atoms with Crippen LogP contribution in [0, 0.1) is 6.92 Å². The number of aryl methyl sites for hydroxylation is 1. The van der Waals surface area contributed by atoms with E-state index in [4.69, 9.17) is 5.73 Å². The highest BCUT2D eigenvalue weighted by molar-refractivity contribution is 5.83. The second-order valence-corrected chi connectivity index (χ2v) is 5.28. The standard InChI is InChI=1S/C20H25N/c1-7-8-9-10-15(4)20(14(2)3)19-12-11-18(17(6)21)13-16(19)5/h7-13H,2,6,21H2,1,3-5H3/b8-7-,10-9-,20-15+. The van der Waals surface area contributed by atoms with E-state index in [1.54, 1.807) is 0 Å². The summed E-state index contributed by atoms with van der Waals surface area (Å²) in [5.74, 6) is 0. The Balaban J connectivity index is 3.40. The number of allylic oxidation sites excluding steroid dienone is 7. The number of hydrogen-bond acceptors (Lipinski definition) is 1. The lowest BCUT2D eigenvalue weighted by Gasteiger charge is -2.15. The predicted octanol–water partition coefficient (Wildman–Crippen LogP) is 5.41. The fourth-order valence-corrected chi connectivity index (χ4v) is 2.32. The Bertz CT molecular complexity index is 640. The summed E-state index contributed by atoms with van der Waals surface area (Å²) in [6.45, 7) is 16.2. The van der Waals surface area contributed by atoms with Gasteiger partial charge in [-0.15, -0.1) is 0 Å². The molecule has 0 saturated carbocycles. The summed E-state index contributed by atoms with van der Waals surface area (Å²) in [4.78, 5) is 0. The lowest BCUT2D eigenvalue weighted by atomic mass is 9.90. The highest BCUT2D eigenvalue weighted by atomic mass is 14.6. The first-order chi connectivity index (χ1) is 9.88. The minimum absolute atomic E-state index is 0.593. The molecule has 0 aromatic heterocycles. The Morgan fingerprint density at radius 2 is 1.81 bits per heavy atom. The van der Waals surface area contributed by atoms with Gasteiger partial charge in [-0.3, -0.25) is 0 Å². The first-order valence-electron chi connectivity index (χ1n) is 7.10. The van der Waals surface area contributed by atoms with Gasteiger partial charge in [0, 0.05) is 5.70 Å². The molecule has 2 N–H and O–H groups in total. The van der Waals surface area contributed by atoms with Gasteiger partial charge in [-0.05, 0) is 61.6 Å². The first kappa shape index (κ1) is 16.8. The molecule has 110 valence electrons. The van der Waals surface area contributed by atoms with E-state index in [1.165, 1.54) is 22.3 Å². The SMILES string of the molecule is C=C(C)\C(=C(C)/C=C\C=C/C)c1ccc(C(=C)N)cc1C. The predicted molar refractivity (Wildman–Crippen MR) is 95.8 cm³/mol. The summed E-state index contributed by atoms with van der Waals surface area (Å²) in [5, 5.41) is 0. The van der Waals surface area contributed by atoms with Crippen molar-refractivity contribution < 1.29 is 0 Å². The normalized spacial score (nSPS) is 12.8. The molecule has 1 rings (SSSR count). The lowest BCUT2D eigenvalue weighted by Crippen LogP contribution is -1.98. The maximum atomic E-state index is 5.77. The van der Waals surface area contributed by atoms with Gasteiger partial charge in [-0.1, -0.05) is 55.2 Å². The van der Waals surface area contributed by atoms with Gasteiger partial charge in [0.25, 0.3) is 0 Å². The molecule has 1 aromatic rings. The average molecular weight is 279 g/mol. The van der Waals surface area contributed by atoms with Crippen molar-refractivity contribution >= 4 is 11.3 Å². The van der Waals surface area contributed by atoms with Crippen LogP contribution in [0.15, 0.2) is 66.8 Å². The zero-order valence-electron chi connectivity index (χ0n) is 13.5. The quantitative estimate of drug-likeness (QED) is 0.717. The summed E-state index contributed by atoms with van der Waals surface area (Å²) in [6.07, 6.45) is 8.19. The third kappa shape index (κ3) is 4.35. The molecule has 0 bridgehead atoms. The molecular formula is C20H25N.